The second kappa shape index (κ2) is 9.32. The third-order valence-electron chi connectivity index (χ3n) is 4.04. The van der Waals surface area contributed by atoms with E-state index in [2.05, 4.69) is 15.5 Å². The van der Waals surface area contributed by atoms with Crippen LogP contribution in [0.15, 0.2) is 53.7 Å². The Hall–Kier alpha value is -2.22. The van der Waals surface area contributed by atoms with Crippen molar-refractivity contribution in [3.63, 3.8) is 0 Å². The maximum Gasteiger partial charge on any atom is 0.233 e. The van der Waals surface area contributed by atoms with Gasteiger partial charge >= 0.3 is 0 Å². The highest BCUT2D eigenvalue weighted by Gasteiger charge is 2.20. The van der Waals surface area contributed by atoms with E-state index in [-0.39, 0.29) is 11.2 Å². The molecule has 1 amide bonds. The summed E-state index contributed by atoms with van der Waals surface area (Å²) in [4.78, 5) is 12.4. The zero-order chi connectivity index (χ0) is 20.1. The molecule has 0 radical (unpaired) electrons. The molecule has 0 bridgehead atoms. The average Bonchev–Trinajstić information content (AvgIpc) is 3.03. The van der Waals surface area contributed by atoms with Gasteiger partial charge in [0.05, 0.1) is 10.3 Å². The molecule has 0 fully saturated rings. The quantitative estimate of drug-likeness (QED) is 0.435. The smallest absolute Gasteiger partial charge is 0.233 e. The minimum atomic E-state index is -0.379. The summed E-state index contributed by atoms with van der Waals surface area (Å²) in [7, 11) is 0. The lowest BCUT2D eigenvalue weighted by Crippen LogP contribution is -2.32. The zero-order valence-corrected chi connectivity index (χ0v) is 17.4. The molecule has 1 heterocycles. The summed E-state index contributed by atoms with van der Waals surface area (Å²) in [6, 6.07) is 15.0. The molecule has 0 aliphatic rings. The van der Waals surface area contributed by atoms with E-state index in [1.54, 1.807) is 25.1 Å². The number of benzene rings is 2. The van der Waals surface area contributed by atoms with E-state index in [0.29, 0.717) is 33.1 Å². The van der Waals surface area contributed by atoms with Crippen LogP contribution in [-0.4, -0.2) is 32.6 Å². The molecule has 3 rings (SSSR count). The Morgan fingerprint density at radius 1 is 1.21 bits per heavy atom. The number of nitrogens with two attached hydrogens (primary N) is 1. The van der Waals surface area contributed by atoms with Crippen LogP contribution in [0.25, 0.3) is 11.4 Å². The summed E-state index contributed by atoms with van der Waals surface area (Å²) < 4.78 is 1.33. The van der Waals surface area contributed by atoms with Gasteiger partial charge < -0.3 is 11.2 Å². The Balaban J connectivity index is 1.60. The van der Waals surface area contributed by atoms with Crippen molar-refractivity contribution in [1.29, 1.82) is 0 Å². The van der Waals surface area contributed by atoms with E-state index in [4.69, 9.17) is 29.0 Å². The van der Waals surface area contributed by atoms with E-state index in [0.717, 1.165) is 6.42 Å². The van der Waals surface area contributed by atoms with Gasteiger partial charge in [-0.25, -0.2) is 4.68 Å². The molecule has 0 aliphatic carbocycles. The maximum atomic E-state index is 12.4. The van der Waals surface area contributed by atoms with Gasteiger partial charge in [-0.3, -0.25) is 4.79 Å². The summed E-state index contributed by atoms with van der Waals surface area (Å²) in [5, 5.41) is 12.1. The number of hydrogen-bond donors (Lipinski definition) is 2. The molecular weight excluding hydrogens is 417 g/mol. The van der Waals surface area contributed by atoms with Gasteiger partial charge in [0.25, 0.3) is 0 Å². The van der Waals surface area contributed by atoms with Crippen LogP contribution >= 0.6 is 35.0 Å². The van der Waals surface area contributed by atoms with Crippen LogP contribution in [0.2, 0.25) is 10.0 Å². The Kier molecular flexibility index (Phi) is 6.83. The highest BCUT2D eigenvalue weighted by atomic mass is 35.5. The number of carbonyl (C=O) groups is 1. The summed E-state index contributed by atoms with van der Waals surface area (Å²) in [6.07, 6.45) is 0.774. The fraction of sp³-hybridized carbons (Fsp3) is 0.211. The number of thioether (sulfide) groups is 1. The third kappa shape index (κ3) is 4.98. The molecule has 1 aromatic heterocycles. The molecular formula is C19H19Cl2N5OS. The summed E-state index contributed by atoms with van der Waals surface area (Å²) in [5.41, 5.74) is 1.79. The normalized spacial score (nSPS) is 12.0. The predicted octanol–water partition coefficient (Wildman–Crippen LogP) is 3.81. The molecule has 9 heteroatoms. The lowest BCUT2D eigenvalue weighted by atomic mass is 10.1. The van der Waals surface area contributed by atoms with Crippen molar-refractivity contribution in [1.82, 2.24) is 20.2 Å². The fourth-order valence-corrected chi connectivity index (χ4v) is 3.83. The van der Waals surface area contributed by atoms with Gasteiger partial charge in [0, 0.05) is 17.1 Å². The first kappa shape index (κ1) is 20.5. The van der Waals surface area contributed by atoms with Crippen molar-refractivity contribution < 1.29 is 4.79 Å². The van der Waals surface area contributed by atoms with Crippen LogP contribution in [0.4, 0.5) is 0 Å². The topological polar surface area (TPSA) is 85.8 Å². The van der Waals surface area contributed by atoms with Crippen LogP contribution < -0.4 is 11.2 Å². The van der Waals surface area contributed by atoms with E-state index in [1.165, 1.54) is 22.0 Å². The molecule has 2 aromatic carbocycles. The summed E-state index contributed by atoms with van der Waals surface area (Å²) >= 11 is 13.4. The molecule has 0 saturated heterocycles. The number of rotatable bonds is 7. The van der Waals surface area contributed by atoms with E-state index in [9.17, 15) is 4.79 Å². The number of amides is 1. The van der Waals surface area contributed by atoms with Crippen molar-refractivity contribution in [3.8, 4) is 11.4 Å². The van der Waals surface area contributed by atoms with Gasteiger partial charge in [-0.15, -0.1) is 10.2 Å². The molecule has 3 N–H and O–H groups in total. The van der Waals surface area contributed by atoms with Crippen LogP contribution in [0.1, 0.15) is 12.5 Å². The standard InChI is InChI=1S/C19H19Cl2N5OS/c1-12(18(27)23-10-9-13-5-3-2-4-6-13)28-19-25-24-17(26(19)22)15-8-7-14(20)11-16(15)21/h2-8,11-12H,9-10,22H2,1H3,(H,23,27). The lowest BCUT2D eigenvalue weighted by molar-refractivity contribution is -0.120. The number of hydrogen-bond acceptors (Lipinski definition) is 5. The summed E-state index contributed by atoms with van der Waals surface area (Å²) in [5.74, 6) is 6.43. The first-order valence-corrected chi connectivity index (χ1v) is 10.2. The average molecular weight is 436 g/mol. The molecule has 1 unspecified atom stereocenters. The zero-order valence-electron chi connectivity index (χ0n) is 15.1. The number of nitrogens with one attached hydrogen (secondary N) is 1. The number of nitrogens with zero attached hydrogens (tertiary/aromatic N) is 3. The molecule has 0 aliphatic heterocycles. The van der Waals surface area contributed by atoms with E-state index < -0.39 is 0 Å². The Labute approximate surface area is 177 Å². The molecule has 146 valence electrons. The number of aromatic nitrogens is 3. The van der Waals surface area contributed by atoms with Crippen LogP contribution in [0, 0.1) is 0 Å². The highest BCUT2D eigenvalue weighted by Crippen LogP contribution is 2.31. The van der Waals surface area contributed by atoms with Crippen LogP contribution in [0.5, 0.6) is 0 Å². The largest absolute Gasteiger partial charge is 0.355 e. The predicted molar refractivity (Wildman–Crippen MR) is 114 cm³/mol. The Morgan fingerprint density at radius 3 is 2.68 bits per heavy atom. The Bertz CT molecular complexity index is 964. The lowest BCUT2D eigenvalue weighted by Gasteiger charge is -2.12. The molecule has 3 aromatic rings. The number of nitrogen functional groups attached to an aromatic ring is 1. The van der Waals surface area contributed by atoms with E-state index >= 15 is 0 Å². The van der Waals surface area contributed by atoms with Gasteiger partial charge in [-0.2, -0.15) is 0 Å². The van der Waals surface area contributed by atoms with Crippen LogP contribution in [-0.2, 0) is 11.2 Å². The van der Waals surface area contributed by atoms with Crippen molar-refractivity contribution in [2.24, 2.45) is 0 Å². The summed E-state index contributed by atoms with van der Waals surface area (Å²) in [6.45, 7) is 2.36. The second-order valence-electron chi connectivity index (χ2n) is 6.09. The molecule has 1 atom stereocenters. The van der Waals surface area contributed by atoms with Gasteiger partial charge in [-0.05, 0) is 37.1 Å². The minimum absolute atomic E-state index is 0.0880. The minimum Gasteiger partial charge on any atom is -0.355 e. The van der Waals surface area contributed by atoms with Gasteiger partial charge in [-0.1, -0.05) is 65.3 Å². The first-order chi connectivity index (χ1) is 13.5. The van der Waals surface area contributed by atoms with Gasteiger partial charge in [0.15, 0.2) is 5.82 Å². The van der Waals surface area contributed by atoms with Gasteiger partial charge in [0.2, 0.25) is 11.1 Å². The maximum absolute atomic E-state index is 12.4. The van der Waals surface area contributed by atoms with Crippen molar-refractivity contribution in [3.05, 3.63) is 64.1 Å². The molecule has 6 nitrogen and oxygen atoms in total. The van der Waals surface area contributed by atoms with Crippen molar-refractivity contribution >= 4 is 40.9 Å². The SMILES string of the molecule is CC(Sc1nnc(-c2ccc(Cl)cc2Cl)n1N)C(=O)NCCc1ccccc1. The van der Waals surface area contributed by atoms with Crippen LogP contribution in [0.3, 0.4) is 0 Å². The molecule has 0 saturated carbocycles. The fourth-order valence-electron chi connectivity index (χ4n) is 2.54. The molecule has 28 heavy (non-hydrogen) atoms. The number of halogens is 2. The first-order valence-electron chi connectivity index (χ1n) is 8.60. The van der Waals surface area contributed by atoms with Crippen molar-refractivity contribution in [2.75, 3.05) is 12.4 Å². The Morgan fingerprint density at radius 2 is 1.96 bits per heavy atom. The second-order valence-corrected chi connectivity index (χ2v) is 8.24. The monoisotopic (exact) mass is 435 g/mol. The van der Waals surface area contributed by atoms with Crippen molar-refractivity contribution in [2.45, 2.75) is 23.8 Å². The van der Waals surface area contributed by atoms with Gasteiger partial charge in [0.1, 0.15) is 0 Å². The highest BCUT2D eigenvalue weighted by molar-refractivity contribution is 8.00. The number of carbonyl (C=O) groups excluding carboxylic acids is 1. The third-order valence-corrected chi connectivity index (χ3v) is 5.65. The van der Waals surface area contributed by atoms with E-state index in [1.807, 2.05) is 30.3 Å². The molecule has 0 spiro atoms.